The molecule has 0 aromatic carbocycles. The smallest absolute Gasteiger partial charge is 0.305 e. The van der Waals surface area contributed by atoms with Crippen LogP contribution in [0.5, 0.6) is 0 Å². The lowest BCUT2D eigenvalue weighted by atomic mass is 9.76. The predicted octanol–water partition coefficient (Wildman–Crippen LogP) is 4.85. The zero-order chi connectivity index (χ0) is 23.9. The van der Waals surface area contributed by atoms with Crippen LogP contribution in [0.25, 0.3) is 0 Å². The van der Waals surface area contributed by atoms with E-state index < -0.39 is 0 Å². The molecule has 2 aromatic rings. The van der Waals surface area contributed by atoms with Gasteiger partial charge in [0.1, 0.15) is 5.82 Å². The van der Waals surface area contributed by atoms with Gasteiger partial charge in [0.25, 0.3) is 5.91 Å². The number of nitrogens with zero attached hydrogens (tertiary/aromatic N) is 3. The highest BCUT2D eigenvalue weighted by atomic mass is 16.5. The zero-order valence-electron chi connectivity index (χ0n) is 20.4. The zero-order valence-corrected chi connectivity index (χ0v) is 20.4. The minimum Gasteiger partial charge on any atom is -0.469 e. The van der Waals surface area contributed by atoms with Gasteiger partial charge in [0, 0.05) is 31.7 Å². The maximum Gasteiger partial charge on any atom is 0.305 e. The molecule has 1 saturated heterocycles. The summed E-state index contributed by atoms with van der Waals surface area (Å²) in [5.41, 5.74) is 1.07. The quantitative estimate of drug-likeness (QED) is 0.517. The molecule has 1 saturated carbocycles. The van der Waals surface area contributed by atoms with Crippen LogP contribution in [0.4, 0.5) is 5.82 Å². The van der Waals surface area contributed by atoms with Crippen LogP contribution in [-0.2, 0) is 9.53 Å². The molecule has 1 aliphatic carbocycles. The first-order valence-corrected chi connectivity index (χ1v) is 12.6. The molecular weight excluding hydrogens is 430 g/mol. The largest absolute Gasteiger partial charge is 0.469 e. The number of aromatic nitrogens is 1. The van der Waals surface area contributed by atoms with Crippen molar-refractivity contribution in [2.24, 2.45) is 11.8 Å². The van der Waals surface area contributed by atoms with E-state index in [0.717, 1.165) is 50.9 Å². The highest BCUT2D eigenvalue weighted by molar-refractivity contribution is 6.04. The maximum atomic E-state index is 13.3. The maximum absolute atomic E-state index is 13.3. The van der Waals surface area contributed by atoms with Gasteiger partial charge in [-0.3, -0.25) is 14.5 Å². The van der Waals surface area contributed by atoms with Gasteiger partial charge in [0.05, 0.1) is 13.4 Å². The lowest BCUT2D eigenvalue weighted by Gasteiger charge is -2.39. The number of ether oxygens (including phenoxy) is 1. The summed E-state index contributed by atoms with van der Waals surface area (Å²) in [5.74, 6) is 1.86. The Bertz CT molecular complexity index is 920. The number of piperidine rings is 1. The van der Waals surface area contributed by atoms with Gasteiger partial charge in [-0.2, -0.15) is 0 Å². The number of hydrogen-bond donors (Lipinski definition) is 0. The van der Waals surface area contributed by atoms with Crippen LogP contribution in [-0.4, -0.2) is 54.5 Å². The van der Waals surface area contributed by atoms with Gasteiger partial charge in [-0.15, -0.1) is 0 Å². The van der Waals surface area contributed by atoms with Crippen molar-refractivity contribution in [3.8, 4) is 0 Å². The van der Waals surface area contributed by atoms with Crippen molar-refractivity contribution in [3.05, 3.63) is 48.0 Å². The molecule has 2 fully saturated rings. The summed E-state index contributed by atoms with van der Waals surface area (Å²) < 4.78 is 10.3. The fraction of sp³-hybridized carbons (Fsp3) is 0.593. The SMILES string of the molecule is COC(=O)CC1CCCCC1CCN1CCC(N(C(=O)c2ccco2)c2ccc(C)cn2)CC1. The average Bonchev–Trinajstić information content (AvgIpc) is 3.41. The summed E-state index contributed by atoms with van der Waals surface area (Å²) in [6.07, 6.45) is 11.6. The summed E-state index contributed by atoms with van der Waals surface area (Å²) in [6, 6.07) is 7.47. The Kier molecular flexibility index (Phi) is 8.38. The van der Waals surface area contributed by atoms with E-state index in [1.165, 1.54) is 32.6 Å². The van der Waals surface area contributed by atoms with E-state index in [1.807, 2.05) is 30.2 Å². The second-order valence-corrected chi connectivity index (χ2v) is 9.79. The molecule has 0 spiro atoms. The first kappa shape index (κ1) is 24.5. The minimum atomic E-state index is -0.132. The first-order valence-electron chi connectivity index (χ1n) is 12.6. The summed E-state index contributed by atoms with van der Waals surface area (Å²) >= 11 is 0. The van der Waals surface area contributed by atoms with E-state index in [-0.39, 0.29) is 17.9 Å². The van der Waals surface area contributed by atoms with E-state index in [4.69, 9.17) is 9.15 Å². The molecule has 4 rings (SSSR count). The number of carbonyl (C=O) groups excluding carboxylic acids is 2. The van der Waals surface area contributed by atoms with Gasteiger partial charge >= 0.3 is 5.97 Å². The van der Waals surface area contributed by atoms with Gasteiger partial charge in [0.15, 0.2) is 5.76 Å². The van der Waals surface area contributed by atoms with Crippen LogP contribution in [0.2, 0.25) is 0 Å². The molecule has 2 atom stereocenters. The minimum absolute atomic E-state index is 0.0799. The number of carbonyl (C=O) groups is 2. The van der Waals surface area contributed by atoms with Crippen LogP contribution in [0.15, 0.2) is 41.1 Å². The lowest BCUT2D eigenvalue weighted by molar-refractivity contribution is -0.142. The van der Waals surface area contributed by atoms with Crippen molar-refractivity contribution >= 4 is 17.7 Å². The van der Waals surface area contributed by atoms with Crippen LogP contribution < -0.4 is 4.90 Å². The number of esters is 1. The molecule has 2 aromatic heterocycles. The summed E-state index contributed by atoms with van der Waals surface area (Å²) in [4.78, 5) is 34.0. The van der Waals surface area contributed by atoms with Gasteiger partial charge in [-0.1, -0.05) is 25.3 Å². The molecule has 0 radical (unpaired) electrons. The molecule has 34 heavy (non-hydrogen) atoms. The van der Waals surface area contributed by atoms with Crippen LogP contribution >= 0.6 is 0 Å². The highest BCUT2D eigenvalue weighted by Gasteiger charge is 2.33. The Morgan fingerprint density at radius 1 is 1.12 bits per heavy atom. The molecule has 0 N–H and O–H groups in total. The molecule has 7 heteroatoms. The molecule has 1 amide bonds. The Hall–Kier alpha value is -2.67. The molecular formula is C27H37N3O4. The molecule has 0 bridgehead atoms. The number of pyridine rings is 1. The number of hydrogen-bond acceptors (Lipinski definition) is 6. The third-order valence-electron chi connectivity index (χ3n) is 7.55. The molecule has 3 heterocycles. The van der Waals surface area contributed by atoms with Gasteiger partial charge in [-0.05, 0) is 74.8 Å². The third kappa shape index (κ3) is 6.06. The van der Waals surface area contributed by atoms with E-state index in [0.29, 0.717) is 29.8 Å². The number of likely N-dealkylation sites (tertiary alicyclic amines) is 1. The Morgan fingerprint density at radius 3 is 2.53 bits per heavy atom. The second-order valence-electron chi connectivity index (χ2n) is 9.79. The Labute approximate surface area is 202 Å². The van der Waals surface area contributed by atoms with Crippen LogP contribution in [0.1, 0.15) is 67.5 Å². The highest BCUT2D eigenvalue weighted by Crippen LogP contribution is 2.35. The normalized spacial score (nSPS) is 21.8. The lowest BCUT2D eigenvalue weighted by Crippen LogP contribution is -2.48. The van der Waals surface area contributed by atoms with Crippen molar-refractivity contribution in [2.45, 2.75) is 64.3 Å². The number of methoxy groups -OCH3 is 1. The van der Waals surface area contributed by atoms with E-state index in [2.05, 4.69) is 9.88 Å². The van der Waals surface area contributed by atoms with E-state index in [9.17, 15) is 9.59 Å². The van der Waals surface area contributed by atoms with Crippen molar-refractivity contribution in [1.82, 2.24) is 9.88 Å². The first-order chi connectivity index (χ1) is 16.5. The van der Waals surface area contributed by atoms with Crippen molar-refractivity contribution < 1.29 is 18.7 Å². The predicted molar refractivity (Wildman–Crippen MR) is 131 cm³/mol. The summed E-state index contributed by atoms with van der Waals surface area (Å²) in [6.45, 7) is 4.94. The fourth-order valence-electron chi connectivity index (χ4n) is 5.56. The fourth-order valence-corrected chi connectivity index (χ4v) is 5.56. The number of aryl methyl sites for hydroxylation is 1. The number of rotatable bonds is 8. The van der Waals surface area contributed by atoms with Gasteiger partial charge in [-0.25, -0.2) is 4.98 Å². The Morgan fingerprint density at radius 2 is 1.88 bits per heavy atom. The molecule has 2 aliphatic rings. The molecule has 2 unspecified atom stereocenters. The summed E-state index contributed by atoms with van der Waals surface area (Å²) in [7, 11) is 1.48. The molecule has 7 nitrogen and oxygen atoms in total. The Balaban J connectivity index is 1.35. The summed E-state index contributed by atoms with van der Waals surface area (Å²) in [5, 5.41) is 0. The average molecular weight is 468 g/mol. The van der Waals surface area contributed by atoms with Crippen molar-refractivity contribution in [3.63, 3.8) is 0 Å². The monoisotopic (exact) mass is 467 g/mol. The second kappa shape index (κ2) is 11.6. The van der Waals surface area contributed by atoms with E-state index >= 15 is 0 Å². The number of anilines is 1. The van der Waals surface area contributed by atoms with Gasteiger partial charge < -0.3 is 14.1 Å². The van der Waals surface area contributed by atoms with Crippen LogP contribution in [0.3, 0.4) is 0 Å². The molecule has 1 aliphatic heterocycles. The van der Waals surface area contributed by atoms with Crippen molar-refractivity contribution in [2.75, 3.05) is 31.6 Å². The standard InChI is InChI=1S/C27H37N3O4/c1-20-9-10-25(28-19-20)30(27(32)24-8-5-17-34-24)23-12-15-29(16-13-23)14-11-21-6-3-4-7-22(21)18-26(31)33-2/h5,8-10,17,19,21-23H,3-4,6-7,11-16,18H2,1-2H3. The van der Waals surface area contributed by atoms with Crippen LogP contribution in [0, 0.1) is 18.8 Å². The third-order valence-corrected chi connectivity index (χ3v) is 7.55. The topological polar surface area (TPSA) is 75.9 Å². The van der Waals surface area contributed by atoms with Gasteiger partial charge in [0.2, 0.25) is 0 Å². The number of amides is 1. The van der Waals surface area contributed by atoms with E-state index in [1.54, 1.807) is 12.1 Å². The molecule has 184 valence electrons. The van der Waals surface area contributed by atoms with Crippen molar-refractivity contribution in [1.29, 1.82) is 0 Å². The number of furan rings is 1.